The standard InChI is InChI=1S/C8H15N5S.C7H12ClN5/c1-4-9-6-11-7(10-5-2)13-8(12-6)14-3;1-3-9-6-11-5(8)12-7(13-6)10-4-2/h4-5H2,1-3H3,(H2,9,10,11,12,13);3-4H2,1-2H3,(H2,9,10,11,12,13). The van der Waals surface area contributed by atoms with Crippen molar-refractivity contribution in [1.82, 2.24) is 29.9 Å². The molecule has 0 saturated heterocycles. The van der Waals surface area contributed by atoms with E-state index in [0.717, 1.165) is 31.3 Å². The Kier molecular flexibility index (Phi) is 11.1. The number of hydrogen-bond donors (Lipinski definition) is 4. The van der Waals surface area contributed by atoms with Gasteiger partial charge in [-0.25, -0.2) is 0 Å². The number of rotatable bonds is 9. The second-order valence-electron chi connectivity index (χ2n) is 4.84. The SMILES string of the molecule is CCNc1nc(Cl)nc(NCC)n1.CCNc1nc(NCC)nc(SC)n1. The van der Waals surface area contributed by atoms with E-state index in [4.69, 9.17) is 11.6 Å². The lowest BCUT2D eigenvalue weighted by Crippen LogP contribution is -2.09. The molecule has 0 bridgehead atoms. The molecule has 0 atom stereocenters. The lowest BCUT2D eigenvalue weighted by Gasteiger charge is -2.06. The number of nitrogens with zero attached hydrogens (tertiary/aromatic N) is 6. The highest BCUT2D eigenvalue weighted by Gasteiger charge is 2.04. The van der Waals surface area contributed by atoms with Gasteiger partial charge in [-0.2, -0.15) is 29.9 Å². The van der Waals surface area contributed by atoms with Crippen LogP contribution >= 0.6 is 23.4 Å². The molecule has 0 saturated carbocycles. The zero-order valence-electron chi connectivity index (χ0n) is 16.3. The summed E-state index contributed by atoms with van der Waals surface area (Å²) in [5.74, 6) is 2.25. The van der Waals surface area contributed by atoms with Crippen molar-refractivity contribution in [2.24, 2.45) is 0 Å². The van der Waals surface area contributed by atoms with Gasteiger partial charge in [-0.1, -0.05) is 11.8 Å². The summed E-state index contributed by atoms with van der Waals surface area (Å²) >= 11 is 7.19. The van der Waals surface area contributed by atoms with Gasteiger partial charge in [0.1, 0.15) is 0 Å². The van der Waals surface area contributed by atoms with Crippen LogP contribution in [0.2, 0.25) is 5.28 Å². The van der Waals surface area contributed by atoms with Crippen molar-refractivity contribution in [3.8, 4) is 0 Å². The lowest BCUT2D eigenvalue weighted by molar-refractivity contribution is 0.896. The van der Waals surface area contributed by atoms with Gasteiger partial charge in [0.25, 0.3) is 0 Å². The zero-order chi connectivity index (χ0) is 20.1. The second kappa shape index (κ2) is 13.1. The van der Waals surface area contributed by atoms with E-state index in [2.05, 4.69) is 51.2 Å². The van der Waals surface area contributed by atoms with Crippen molar-refractivity contribution in [3.05, 3.63) is 5.28 Å². The monoisotopic (exact) mass is 414 g/mol. The van der Waals surface area contributed by atoms with Crippen molar-refractivity contribution >= 4 is 47.2 Å². The molecule has 12 heteroatoms. The van der Waals surface area contributed by atoms with E-state index in [9.17, 15) is 0 Å². The first-order valence-corrected chi connectivity index (χ1v) is 10.3. The van der Waals surface area contributed by atoms with Crippen LogP contribution in [0, 0.1) is 0 Å². The number of aromatic nitrogens is 6. The minimum absolute atomic E-state index is 0.196. The molecule has 2 aromatic heterocycles. The summed E-state index contributed by atoms with van der Waals surface area (Å²) in [6.45, 7) is 11.1. The molecule has 0 unspecified atom stereocenters. The predicted molar refractivity (Wildman–Crippen MR) is 113 cm³/mol. The van der Waals surface area contributed by atoms with Crippen LogP contribution in [0.4, 0.5) is 23.8 Å². The molecule has 2 heterocycles. The van der Waals surface area contributed by atoms with Crippen molar-refractivity contribution in [2.45, 2.75) is 32.9 Å². The summed E-state index contributed by atoms with van der Waals surface area (Å²) in [7, 11) is 0. The highest BCUT2D eigenvalue weighted by molar-refractivity contribution is 7.98. The van der Waals surface area contributed by atoms with E-state index in [1.54, 1.807) is 0 Å². The highest BCUT2D eigenvalue weighted by atomic mass is 35.5. The quantitative estimate of drug-likeness (QED) is 0.452. The molecule has 0 spiro atoms. The fourth-order valence-corrected chi connectivity index (χ4v) is 2.26. The third kappa shape index (κ3) is 8.87. The summed E-state index contributed by atoms with van der Waals surface area (Å²) in [5, 5.41) is 13.0. The molecule has 2 rings (SSSR count). The number of hydrogen-bond acceptors (Lipinski definition) is 11. The van der Waals surface area contributed by atoms with Gasteiger partial charge in [0.05, 0.1) is 0 Å². The molecule has 0 aliphatic carbocycles. The predicted octanol–water partition coefficient (Wildman–Crippen LogP) is 2.85. The van der Waals surface area contributed by atoms with Crippen molar-refractivity contribution < 1.29 is 0 Å². The van der Waals surface area contributed by atoms with Crippen LogP contribution in [-0.2, 0) is 0 Å². The van der Waals surface area contributed by atoms with Crippen LogP contribution in [0.1, 0.15) is 27.7 Å². The Hall–Kier alpha value is -2.14. The first kappa shape index (κ1) is 22.9. The Bertz CT molecular complexity index is 639. The third-order valence-electron chi connectivity index (χ3n) is 2.75. The van der Waals surface area contributed by atoms with E-state index < -0.39 is 0 Å². The molecule has 4 N–H and O–H groups in total. The molecule has 0 aliphatic rings. The topological polar surface area (TPSA) is 125 Å². The summed E-state index contributed by atoms with van der Waals surface area (Å²) < 4.78 is 0. The molecule has 2 aromatic rings. The average Bonchev–Trinajstić information content (AvgIpc) is 2.63. The van der Waals surface area contributed by atoms with Crippen LogP contribution < -0.4 is 21.3 Å². The van der Waals surface area contributed by atoms with E-state index in [-0.39, 0.29) is 5.28 Å². The maximum Gasteiger partial charge on any atom is 0.228 e. The summed E-state index contributed by atoms with van der Waals surface area (Å²) in [6.07, 6.45) is 1.95. The van der Waals surface area contributed by atoms with Crippen LogP contribution in [0.15, 0.2) is 5.16 Å². The van der Waals surface area contributed by atoms with Gasteiger partial charge in [-0.15, -0.1) is 0 Å². The molecule has 0 aliphatic heterocycles. The van der Waals surface area contributed by atoms with Crippen molar-refractivity contribution in [3.63, 3.8) is 0 Å². The molecule has 150 valence electrons. The van der Waals surface area contributed by atoms with E-state index in [1.807, 2.05) is 34.0 Å². The Morgan fingerprint density at radius 3 is 1.26 bits per heavy atom. The van der Waals surface area contributed by atoms with Gasteiger partial charge in [-0.05, 0) is 45.6 Å². The lowest BCUT2D eigenvalue weighted by atomic mass is 10.7. The maximum absolute atomic E-state index is 5.68. The van der Waals surface area contributed by atoms with Gasteiger partial charge < -0.3 is 21.3 Å². The average molecular weight is 415 g/mol. The summed E-state index contributed by atoms with van der Waals surface area (Å²) in [5.41, 5.74) is 0. The van der Waals surface area contributed by atoms with Crippen LogP contribution in [-0.4, -0.2) is 62.3 Å². The number of thioether (sulfide) groups is 1. The Morgan fingerprint density at radius 1 is 0.630 bits per heavy atom. The van der Waals surface area contributed by atoms with Gasteiger partial charge in [0, 0.05) is 26.2 Å². The fraction of sp³-hybridized carbons (Fsp3) is 0.600. The Morgan fingerprint density at radius 2 is 0.963 bits per heavy atom. The van der Waals surface area contributed by atoms with Gasteiger partial charge in [0.2, 0.25) is 29.1 Å². The molecular weight excluding hydrogens is 388 g/mol. The van der Waals surface area contributed by atoms with Crippen molar-refractivity contribution in [1.29, 1.82) is 0 Å². The largest absolute Gasteiger partial charge is 0.354 e. The van der Waals surface area contributed by atoms with E-state index in [1.165, 1.54) is 11.8 Å². The first-order chi connectivity index (χ1) is 13.1. The normalized spacial score (nSPS) is 9.85. The summed E-state index contributed by atoms with van der Waals surface area (Å²) in [4.78, 5) is 24.5. The molecule has 0 amide bonds. The zero-order valence-corrected chi connectivity index (χ0v) is 17.9. The van der Waals surface area contributed by atoms with Crippen molar-refractivity contribution in [2.75, 3.05) is 53.7 Å². The molecule has 0 radical (unpaired) electrons. The first-order valence-electron chi connectivity index (χ1n) is 8.73. The van der Waals surface area contributed by atoms with E-state index >= 15 is 0 Å². The maximum atomic E-state index is 5.68. The van der Waals surface area contributed by atoms with Gasteiger partial charge >= 0.3 is 0 Å². The molecule has 0 aromatic carbocycles. The fourth-order valence-electron chi connectivity index (χ4n) is 1.75. The minimum Gasteiger partial charge on any atom is -0.354 e. The van der Waals surface area contributed by atoms with Gasteiger partial charge in [0.15, 0.2) is 5.16 Å². The number of anilines is 4. The smallest absolute Gasteiger partial charge is 0.228 e. The minimum atomic E-state index is 0.196. The number of nitrogens with one attached hydrogen (secondary N) is 4. The van der Waals surface area contributed by atoms with Gasteiger partial charge in [-0.3, -0.25) is 0 Å². The third-order valence-corrected chi connectivity index (χ3v) is 3.46. The number of halogens is 1. The van der Waals surface area contributed by atoms with Crippen LogP contribution in [0.25, 0.3) is 0 Å². The van der Waals surface area contributed by atoms with Crippen LogP contribution in [0.5, 0.6) is 0 Å². The molecular formula is C15H27ClN10S. The second-order valence-corrected chi connectivity index (χ2v) is 5.95. The summed E-state index contributed by atoms with van der Waals surface area (Å²) in [6, 6.07) is 0. The molecule has 27 heavy (non-hydrogen) atoms. The van der Waals surface area contributed by atoms with E-state index in [0.29, 0.717) is 23.8 Å². The Balaban J connectivity index is 0.000000271. The molecule has 10 nitrogen and oxygen atoms in total. The Labute approximate surface area is 169 Å². The molecule has 0 fully saturated rings. The van der Waals surface area contributed by atoms with Crippen LogP contribution in [0.3, 0.4) is 0 Å². The highest BCUT2D eigenvalue weighted by Crippen LogP contribution is 2.13.